The van der Waals surface area contributed by atoms with Gasteiger partial charge in [-0.15, -0.1) is 4.91 Å². The van der Waals surface area contributed by atoms with Crippen molar-refractivity contribution < 1.29 is 14.6 Å². The van der Waals surface area contributed by atoms with E-state index in [2.05, 4.69) is 69.1 Å². The number of hydrogen-bond donors (Lipinski definition) is 1. The highest BCUT2D eigenvalue weighted by molar-refractivity contribution is 14.1. The number of carbonyl (C=O) groups excluding carboxylic acids is 1. The van der Waals surface area contributed by atoms with Crippen LogP contribution in [0.3, 0.4) is 0 Å². The van der Waals surface area contributed by atoms with Gasteiger partial charge in [-0.2, -0.15) is 0 Å². The van der Waals surface area contributed by atoms with Crippen molar-refractivity contribution >= 4 is 51.1 Å². The number of nitrogens with zero attached hydrogens (tertiary/aromatic N) is 1. The largest absolute Gasteiger partial charge is 0.393 e. The summed E-state index contributed by atoms with van der Waals surface area (Å²) in [4.78, 5) is 21.9. The van der Waals surface area contributed by atoms with Crippen molar-refractivity contribution in [3.05, 3.63) is 50.5 Å². The monoisotopic (exact) mass is 625 g/mol. The molecule has 0 aliphatic heterocycles. The Labute approximate surface area is 200 Å². The number of aliphatic hydroxyl groups is 1. The highest BCUT2D eigenvalue weighted by atomic mass is 127. The van der Waals surface area contributed by atoms with E-state index in [-0.39, 0.29) is 18.4 Å². The second kappa shape index (κ2) is 11.9. The Kier molecular flexibility index (Phi) is 10.2. The molecule has 0 bridgehead atoms. The standard InChI is InChI=1S/C22H29I2NO4/c1-15(26)6-7-17-4-3-5-18(12-17)14-29-22(24)10-8-19(9-11-22)20(16(2)23)13-21(27)25-28/h8-10,12,15,17,20,26H,2-7,11,13-14H2,1H3/t15-,17-,20+,22?/m0/s1. The van der Waals surface area contributed by atoms with E-state index >= 15 is 0 Å². The Hall–Kier alpha value is -0.390. The number of ether oxygens (including phenoxy) is 1. The van der Waals surface area contributed by atoms with Crippen LogP contribution in [-0.2, 0) is 9.53 Å². The summed E-state index contributed by atoms with van der Waals surface area (Å²) in [7, 11) is 0. The summed E-state index contributed by atoms with van der Waals surface area (Å²) in [6.45, 7) is 6.40. The van der Waals surface area contributed by atoms with Crippen molar-refractivity contribution in [2.24, 2.45) is 17.0 Å². The Morgan fingerprint density at radius 2 is 2.28 bits per heavy atom. The number of allylic oxidation sites excluding steroid dienone is 4. The lowest BCUT2D eigenvalue weighted by Crippen LogP contribution is -2.26. The van der Waals surface area contributed by atoms with Crippen molar-refractivity contribution in [1.29, 1.82) is 0 Å². The highest BCUT2D eigenvalue weighted by Gasteiger charge is 2.29. The maximum absolute atomic E-state index is 11.5. The SMILES string of the molecule is C=C(I)[C@@H](CC(=O)N=O)C1=CCC(I)(OCC2=C[C@H](CC[C@H](C)O)CCC2)C=C1. The van der Waals surface area contributed by atoms with E-state index in [0.29, 0.717) is 18.9 Å². The van der Waals surface area contributed by atoms with Gasteiger partial charge in [-0.3, -0.25) is 4.79 Å². The fourth-order valence-corrected chi connectivity index (χ4v) is 4.84. The number of carbonyl (C=O) groups is 1. The quantitative estimate of drug-likeness (QED) is 0.137. The lowest BCUT2D eigenvalue weighted by atomic mass is 9.87. The van der Waals surface area contributed by atoms with Crippen LogP contribution >= 0.6 is 45.2 Å². The predicted molar refractivity (Wildman–Crippen MR) is 133 cm³/mol. The van der Waals surface area contributed by atoms with E-state index < -0.39 is 9.51 Å². The van der Waals surface area contributed by atoms with Crippen LogP contribution < -0.4 is 0 Å². The molecule has 2 rings (SSSR count). The molecule has 5 nitrogen and oxygen atoms in total. The molecular weight excluding hydrogens is 596 g/mol. The summed E-state index contributed by atoms with van der Waals surface area (Å²) in [5.41, 5.74) is 2.32. The Balaban J connectivity index is 1.93. The fourth-order valence-electron chi connectivity index (χ4n) is 3.71. The van der Waals surface area contributed by atoms with Gasteiger partial charge in [0.2, 0.25) is 0 Å². The summed E-state index contributed by atoms with van der Waals surface area (Å²) in [6.07, 6.45) is 14.2. The molecule has 4 atom stereocenters. The Morgan fingerprint density at radius 3 is 2.86 bits per heavy atom. The third kappa shape index (κ3) is 8.34. The van der Waals surface area contributed by atoms with Crippen molar-refractivity contribution in [1.82, 2.24) is 0 Å². The van der Waals surface area contributed by atoms with Crippen molar-refractivity contribution in [3.63, 3.8) is 0 Å². The van der Waals surface area contributed by atoms with Crippen LogP contribution in [0, 0.1) is 16.7 Å². The van der Waals surface area contributed by atoms with Crippen LogP contribution in [-0.4, -0.2) is 27.3 Å². The van der Waals surface area contributed by atoms with Gasteiger partial charge in [0.1, 0.15) is 3.61 Å². The summed E-state index contributed by atoms with van der Waals surface area (Å²) >= 11 is 4.43. The van der Waals surface area contributed by atoms with Crippen LogP contribution in [0.2, 0.25) is 0 Å². The molecule has 2 aliphatic carbocycles. The van der Waals surface area contributed by atoms with Crippen molar-refractivity contribution in [2.45, 2.75) is 61.6 Å². The lowest BCUT2D eigenvalue weighted by molar-refractivity contribution is -0.118. The average Bonchev–Trinajstić information content (AvgIpc) is 2.70. The summed E-state index contributed by atoms with van der Waals surface area (Å²) in [5, 5.41) is 12.0. The minimum atomic E-state index is -0.654. The number of amides is 1. The van der Waals surface area contributed by atoms with Crippen LogP contribution in [0.25, 0.3) is 0 Å². The van der Waals surface area contributed by atoms with Gasteiger partial charge in [0.15, 0.2) is 0 Å². The number of halogens is 2. The molecule has 160 valence electrons. The maximum atomic E-state index is 11.5. The van der Waals surface area contributed by atoms with Gasteiger partial charge < -0.3 is 9.84 Å². The molecule has 0 fully saturated rings. The first-order valence-electron chi connectivity index (χ1n) is 10.0. The van der Waals surface area contributed by atoms with Gasteiger partial charge in [-0.05, 0) is 111 Å². The molecule has 0 radical (unpaired) electrons. The van der Waals surface area contributed by atoms with Gasteiger partial charge in [0, 0.05) is 23.9 Å². The van der Waals surface area contributed by atoms with Gasteiger partial charge in [0.25, 0.3) is 5.91 Å². The minimum Gasteiger partial charge on any atom is -0.393 e. The van der Waals surface area contributed by atoms with E-state index in [9.17, 15) is 14.8 Å². The summed E-state index contributed by atoms with van der Waals surface area (Å²) < 4.78 is 6.65. The van der Waals surface area contributed by atoms with Crippen LogP contribution in [0.15, 0.2) is 50.8 Å². The average molecular weight is 625 g/mol. The molecule has 0 aromatic carbocycles. The van der Waals surface area contributed by atoms with Gasteiger partial charge in [0.05, 0.1) is 12.7 Å². The van der Waals surface area contributed by atoms with E-state index in [1.807, 2.05) is 19.1 Å². The number of alkyl halides is 1. The van der Waals surface area contributed by atoms with Gasteiger partial charge in [-0.25, -0.2) is 0 Å². The van der Waals surface area contributed by atoms with Gasteiger partial charge in [-0.1, -0.05) is 24.8 Å². The molecular formula is C22H29I2NO4. The molecule has 1 unspecified atom stereocenters. The zero-order valence-corrected chi connectivity index (χ0v) is 21.1. The first-order chi connectivity index (χ1) is 13.7. The minimum absolute atomic E-state index is 0.0529. The zero-order valence-electron chi connectivity index (χ0n) is 16.8. The number of nitroso groups, excluding NO2 is 1. The Bertz CT molecular complexity index is 714. The third-order valence-electron chi connectivity index (χ3n) is 5.40. The molecule has 0 heterocycles. The second-order valence-corrected chi connectivity index (χ2v) is 11.1. The molecule has 29 heavy (non-hydrogen) atoms. The van der Waals surface area contributed by atoms with Crippen LogP contribution in [0.5, 0.6) is 0 Å². The van der Waals surface area contributed by atoms with E-state index in [1.54, 1.807) is 0 Å². The fraction of sp³-hybridized carbons (Fsp3) is 0.591. The summed E-state index contributed by atoms with van der Waals surface area (Å²) in [6, 6.07) is 0. The van der Waals surface area contributed by atoms with Gasteiger partial charge >= 0.3 is 0 Å². The van der Waals surface area contributed by atoms with Crippen molar-refractivity contribution in [3.8, 4) is 0 Å². The summed E-state index contributed by atoms with van der Waals surface area (Å²) in [5.74, 6) is -0.317. The zero-order chi connectivity index (χ0) is 21.4. The van der Waals surface area contributed by atoms with E-state index in [4.69, 9.17) is 4.74 Å². The normalized spacial score (nSPS) is 26.3. The topological polar surface area (TPSA) is 76.0 Å². The molecule has 1 N–H and O–H groups in total. The van der Waals surface area contributed by atoms with Crippen LogP contribution in [0.4, 0.5) is 0 Å². The predicted octanol–water partition coefficient (Wildman–Crippen LogP) is 6.16. The van der Waals surface area contributed by atoms with Crippen molar-refractivity contribution in [2.75, 3.05) is 6.61 Å². The molecule has 2 aliphatic rings. The molecule has 0 saturated heterocycles. The lowest BCUT2D eigenvalue weighted by Gasteiger charge is -2.30. The first kappa shape index (κ1) is 24.9. The third-order valence-corrected chi connectivity index (χ3v) is 7.26. The molecule has 0 aromatic rings. The first-order valence-corrected chi connectivity index (χ1v) is 12.2. The Morgan fingerprint density at radius 1 is 1.52 bits per heavy atom. The maximum Gasteiger partial charge on any atom is 0.287 e. The number of rotatable bonds is 10. The molecule has 0 saturated carbocycles. The number of aliphatic hydroxyl groups excluding tert-OH is 1. The van der Waals surface area contributed by atoms with Crippen LogP contribution in [0.1, 0.15) is 51.9 Å². The molecule has 1 amide bonds. The number of hydrogen-bond acceptors (Lipinski definition) is 4. The molecule has 7 heteroatoms. The van der Waals surface area contributed by atoms with E-state index in [1.165, 1.54) is 18.4 Å². The van der Waals surface area contributed by atoms with E-state index in [0.717, 1.165) is 28.4 Å². The highest BCUT2D eigenvalue weighted by Crippen LogP contribution is 2.38. The molecule has 0 aromatic heterocycles. The smallest absolute Gasteiger partial charge is 0.287 e. The molecule has 0 spiro atoms. The second-order valence-electron chi connectivity index (χ2n) is 7.91.